The molecular weight excluding hydrogens is 418 g/mol. The van der Waals surface area contributed by atoms with Crippen molar-refractivity contribution in [1.29, 1.82) is 0 Å². The summed E-state index contributed by atoms with van der Waals surface area (Å²) in [5.41, 5.74) is 6.67. The Hall–Kier alpha value is -3.62. The number of aromatic nitrogens is 7. The summed E-state index contributed by atoms with van der Waals surface area (Å²) in [7, 11) is 0. The minimum absolute atomic E-state index is 0.653. The SMILES string of the molecule is Clc1ccc(-c2cccc3[nH]c(-c4n[nH]c5ccc(-c6cncnc6)nc45)nc23)s1. The van der Waals surface area contributed by atoms with Crippen LogP contribution in [0.5, 0.6) is 0 Å². The summed E-state index contributed by atoms with van der Waals surface area (Å²) in [6, 6.07) is 13.8. The second kappa shape index (κ2) is 6.72. The largest absolute Gasteiger partial charge is 0.336 e. The van der Waals surface area contributed by atoms with Gasteiger partial charge in [0.15, 0.2) is 11.5 Å². The summed E-state index contributed by atoms with van der Waals surface area (Å²) in [4.78, 5) is 22.2. The highest BCUT2D eigenvalue weighted by Crippen LogP contribution is 2.36. The van der Waals surface area contributed by atoms with E-state index in [0.717, 1.165) is 48.1 Å². The lowest BCUT2D eigenvalue weighted by molar-refractivity contribution is 1.10. The molecule has 6 aromatic rings. The lowest BCUT2D eigenvalue weighted by Gasteiger charge is -2.00. The van der Waals surface area contributed by atoms with Crippen LogP contribution < -0.4 is 0 Å². The first-order valence-electron chi connectivity index (χ1n) is 9.11. The number of nitrogens with zero attached hydrogens (tertiary/aromatic N) is 5. The second-order valence-electron chi connectivity index (χ2n) is 6.68. The zero-order chi connectivity index (χ0) is 20.1. The molecule has 144 valence electrons. The minimum Gasteiger partial charge on any atom is -0.336 e. The molecule has 0 atom stereocenters. The second-order valence-corrected chi connectivity index (χ2v) is 8.40. The predicted molar refractivity (Wildman–Crippen MR) is 118 cm³/mol. The molecule has 0 bridgehead atoms. The lowest BCUT2D eigenvalue weighted by atomic mass is 10.1. The Morgan fingerprint density at radius 3 is 2.60 bits per heavy atom. The first-order chi connectivity index (χ1) is 14.8. The fraction of sp³-hybridized carbons (Fsp3) is 0. The number of hydrogen-bond donors (Lipinski definition) is 2. The van der Waals surface area contributed by atoms with Crippen LogP contribution in [0, 0.1) is 0 Å². The molecule has 0 aliphatic carbocycles. The molecule has 7 nitrogen and oxygen atoms in total. The van der Waals surface area contributed by atoms with Gasteiger partial charge < -0.3 is 4.98 Å². The molecule has 0 aliphatic heterocycles. The normalized spacial score (nSPS) is 11.5. The molecule has 0 saturated carbocycles. The molecule has 0 radical (unpaired) electrons. The fourth-order valence-electron chi connectivity index (χ4n) is 3.46. The van der Waals surface area contributed by atoms with E-state index in [1.165, 1.54) is 17.7 Å². The topological polar surface area (TPSA) is 96.0 Å². The van der Waals surface area contributed by atoms with Crippen molar-refractivity contribution >= 4 is 45.0 Å². The molecule has 0 fully saturated rings. The maximum absolute atomic E-state index is 6.14. The van der Waals surface area contributed by atoms with Gasteiger partial charge in [0.1, 0.15) is 11.8 Å². The van der Waals surface area contributed by atoms with Crippen molar-refractivity contribution in [2.24, 2.45) is 0 Å². The zero-order valence-corrected chi connectivity index (χ0v) is 16.9. The predicted octanol–water partition coefficient (Wildman–Crippen LogP) is 5.34. The highest BCUT2D eigenvalue weighted by Gasteiger charge is 2.17. The number of halogens is 1. The number of hydrogen-bond acceptors (Lipinski definition) is 6. The van der Waals surface area contributed by atoms with E-state index in [4.69, 9.17) is 21.6 Å². The highest BCUT2D eigenvalue weighted by molar-refractivity contribution is 7.19. The van der Waals surface area contributed by atoms with E-state index < -0.39 is 0 Å². The number of H-pyrrole nitrogens is 2. The lowest BCUT2D eigenvalue weighted by Crippen LogP contribution is -1.88. The van der Waals surface area contributed by atoms with Crippen molar-refractivity contribution in [2.45, 2.75) is 0 Å². The summed E-state index contributed by atoms with van der Waals surface area (Å²) in [5, 5.41) is 7.51. The van der Waals surface area contributed by atoms with Crippen molar-refractivity contribution in [1.82, 2.24) is 35.1 Å². The fourth-order valence-corrected chi connectivity index (χ4v) is 4.53. The van der Waals surface area contributed by atoms with Crippen LogP contribution in [0.3, 0.4) is 0 Å². The van der Waals surface area contributed by atoms with Gasteiger partial charge in [0.25, 0.3) is 0 Å². The Kier molecular flexibility index (Phi) is 3.87. The van der Waals surface area contributed by atoms with Crippen LogP contribution in [-0.4, -0.2) is 35.1 Å². The molecule has 30 heavy (non-hydrogen) atoms. The summed E-state index contributed by atoms with van der Waals surface area (Å²) in [5.74, 6) is 0.653. The number of aromatic amines is 2. The zero-order valence-electron chi connectivity index (χ0n) is 15.3. The number of pyridine rings is 1. The molecule has 0 saturated heterocycles. The number of para-hydroxylation sites is 1. The molecule has 6 rings (SSSR count). The Morgan fingerprint density at radius 1 is 0.867 bits per heavy atom. The summed E-state index contributed by atoms with van der Waals surface area (Å²) in [6.07, 6.45) is 4.97. The van der Waals surface area contributed by atoms with Gasteiger partial charge in [-0.2, -0.15) is 5.10 Å². The first-order valence-corrected chi connectivity index (χ1v) is 10.3. The Bertz CT molecular complexity index is 1520. The van der Waals surface area contributed by atoms with E-state index in [1.54, 1.807) is 12.4 Å². The third-order valence-corrected chi connectivity index (χ3v) is 6.10. The number of imidazole rings is 1. The van der Waals surface area contributed by atoms with E-state index in [2.05, 4.69) is 25.1 Å². The van der Waals surface area contributed by atoms with Crippen molar-refractivity contribution in [3.05, 3.63) is 65.5 Å². The van der Waals surface area contributed by atoms with E-state index >= 15 is 0 Å². The Labute approximate surface area is 178 Å². The number of rotatable bonds is 3. The third kappa shape index (κ3) is 2.77. The number of benzene rings is 1. The average Bonchev–Trinajstić information content (AvgIpc) is 3.51. The minimum atomic E-state index is 0.653. The van der Waals surface area contributed by atoms with Crippen LogP contribution in [0.4, 0.5) is 0 Å². The van der Waals surface area contributed by atoms with Crippen molar-refractivity contribution < 1.29 is 0 Å². The van der Waals surface area contributed by atoms with Gasteiger partial charge in [-0.3, -0.25) is 5.10 Å². The molecule has 1 aromatic carbocycles. The van der Waals surface area contributed by atoms with Crippen LogP contribution in [-0.2, 0) is 0 Å². The van der Waals surface area contributed by atoms with Crippen molar-refractivity contribution in [2.75, 3.05) is 0 Å². The van der Waals surface area contributed by atoms with Crippen LogP contribution in [0.2, 0.25) is 4.34 Å². The van der Waals surface area contributed by atoms with Gasteiger partial charge in [0, 0.05) is 28.4 Å². The maximum atomic E-state index is 6.14. The van der Waals surface area contributed by atoms with Gasteiger partial charge in [0.05, 0.1) is 26.6 Å². The van der Waals surface area contributed by atoms with Crippen molar-refractivity contribution in [3.8, 4) is 33.2 Å². The van der Waals surface area contributed by atoms with Gasteiger partial charge in [-0.1, -0.05) is 23.7 Å². The molecule has 5 heterocycles. The summed E-state index contributed by atoms with van der Waals surface area (Å²) >= 11 is 7.67. The van der Waals surface area contributed by atoms with Crippen molar-refractivity contribution in [3.63, 3.8) is 0 Å². The van der Waals surface area contributed by atoms with Gasteiger partial charge in [0.2, 0.25) is 0 Å². The van der Waals surface area contributed by atoms with Gasteiger partial charge >= 0.3 is 0 Å². The number of thiophene rings is 1. The summed E-state index contributed by atoms with van der Waals surface area (Å²) in [6.45, 7) is 0. The Morgan fingerprint density at radius 2 is 1.77 bits per heavy atom. The Balaban J connectivity index is 1.52. The molecular formula is C21H12ClN7S. The third-order valence-electron chi connectivity index (χ3n) is 4.84. The van der Waals surface area contributed by atoms with E-state index in [-0.39, 0.29) is 0 Å². The van der Waals surface area contributed by atoms with Crippen LogP contribution in [0.15, 0.2) is 61.2 Å². The van der Waals surface area contributed by atoms with Crippen LogP contribution in [0.25, 0.3) is 55.3 Å². The standard InChI is InChI=1S/C21H12ClN7S/c22-17-7-6-16(30-17)12-2-1-3-14-18(12)27-21(26-14)20-19-15(28-29-20)5-4-13(25-19)11-8-23-10-24-9-11/h1-10H,(H,26,27)(H,28,29). The molecule has 2 N–H and O–H groups in total. The van der Waals surface area contributed by atoms with E-state index in [0.29, 0.717) is 11.5 Å². The highest BCUT2D eigenvalue weighted by atomic mass is 35.5. The first kappa shape index (κ1) is 17.3. The quantitative estimate of drug-likeness (QED) is 0.395. The molecule has 0 amide bonds. The molecule has 5 aromatic heterocycles. The van der Waals surface area contributed by atoms with Crippen LogP contribution in [0.1, 0.15) is 0 Å². The average molecular weight is 430 g/mol. The van der Waals surface area contributed by atoms with Gasteiger partial charge in [-0.15, -0.1) is 11.3 Å². The molecule has 0 spiro atoms. The maximum Gasteiger partial charge on any atom is 0.161 e. The van der Waals surface area contributed by atoms with Gasteiger partial charge in [-0.05, 0) is 30.3 Å². The number of nitrogens with one attached hydrogen (secondary N) is 2. The van der Waals surface area contributed by atoms with E-state index in [1.807, 2.05) is 42.5 Å². The molecule has 9 heteroatoms. The molecule has 0 aliphatic rings. The van der Waals surface area contributed by atoms with Gasteiger partial charge in [-0.25, -0.2) is 19.9 Å². The van der Waals surface area contributed by atoms with E-state index in [9.17, 15) is 0 Å². The smallest absolute Gasteiger partial charge is 0.161 e. The van der Waals surface area contributed by atoms with Crippen LogP contribution >= 0.6 is 22.9 Å². The molecule has 0 unspecified atom stereocenters. The summed E-state index contributed by atoms with van der Waals surface area (Å²) < 4.78 is 0.748. The monoisotopic (exact) mass is 429 g/mol. The number of fused-ring (bicyclic) bond motifs is 2.